The van der Waals surface area contributed by atoms with Gasteiger partial charge < -0.3 is 10.1 Å². The number of nitrogens with one attached hydrogen (secondary N) is 1. The summed E-state index contributed by atoms with van der Waals surface area (Å²) in [5.41, 5.74) is 1.65. The molecule has 0 saturated carbocycles. The fraction of sp³-hybridized carbons (Fsp3) is 0.263. The molecule has 24 heavy (non-hydrogen) atoms. The van der Waals surface area contributed by atoms with Gasteiger partial charge in [-0.25, -0.2) is 0 Å². The smallest absolute Gasteiger partial charge is 0.238 e. The Morgan fingerprint density at radius 1 is 0.958 bits per heavy atom. The summed E-state index contributed by atoms with van der Waals surface area (Å²) in [5, 5.41) is 2.87. The number of carbonyl (C=O) groups excluding carboxylic acids is 2. The lowest BCUT2D eigenvalue weighted by Crippen LogP contribution is -2.41. The molecule has 2 aromatic rings. The van der Waals surface area contributed by atoms with Crippen LogP contribution < -0.4 is 5.32 Å². The lowest BCUT2D eigenvalue weighted by Gasteiger charge is -2.25. The molecule has 1 N–H and O–H groups in total. The molecule has 0 bridgehead atoms. The van der Waals surface area contributed by atoms with E-state index < -0.39 is 0 Å². The van der Waals surface area contributed by atoms with Crippen LogP contribution in [0.5, 0.6) is 0 Å². The molecule has 0 aromatic heterocycles. The normalized spacial score (nSPS) is 15.0. The molecular weight excluding hydrogens is 304 g/mol. The maximum absolute atomic E-state index is 12.7. The molecule has 0 spiro atoms. The fourth-order valence-electron chi connectivity index (χ4n) is 2.69. The van der Waals surface area contributed by atoms with Crippen molar-refractivity contribution in [2.75, 3.05) is 38.2 Å². The molecule has 1 fully saturated rings. The second kappa shape index (κ2) is 7.86. The summed E-state index contributed by atoms with van der Waals surface area (Å²) in [5.74, 6) is -0.219. The van der Waals surface area contributed by atoms with Gasteiger partial charge in [0.25, 0.3) is 0 Å². The molecule has 0 unspecified atom stereocenters. The highest BCUT2D eigenvalue weighted by molar-refractivity contribution is 6.13. The average molecular weight is 324 g/mol. The third kappa shape index (κ3) is 4.07. The predicted octanol–water partition coefficient (Wildman–Crippen LogP) is 2.19. The summed E-state index contributed by atoms with van der Waals surface area (Å²) >= 11 is 0. The second-order valence-corrected chi connectivity index (χ2v) is 5.68. The van der Waals surface area contributed by atoms with E-state index in [1.807, 2.05) is 29.2 Å². The highest BCUT2D eigenvalue weighted by Crippen LogP contribution is 2.19. The largest absolute Gasteiger partial charge is 0.379 e. The summed E-state index contributed by atoms with van der Waals surface area (Å²) in [4.78, 5) is 27.0. The van der Waals surface area contributed by atoms with Crippen molar-refractivity contribution in [2.45, 2.75) is 0 Å². The predicted molar refractivity (Wildman–Crippen MR) is 92.2 cm³/mol. The van der Waals surface area contributed by atoms with E-state index in [-0.39, 0.29) is 11.7 Å². The number of amides is 1. The molecule has 1 aliphatic rings. The molecule has 1 heterocycles. The first-order valence-corrected chi connectivity index (χ1v) is 8.03. The molecular formula is C19H20N2O3. The monoisotopic (exact) mass is 324 g/mol. The topological polar surface area (TPSA) is 58.6 Å². The Morgan fingerprint density at radius 2 is 1.62 bits per heavy atom. The van der Waals surface area contributed by atoms with Crippen molar-refractivity contribution in [1.29, 1.82) is 0 Å². The average Bonchev–Trinajstić information content (AvgIpc) is 2.63. The van der Waals surface area contributed by atoms with Crippen LogP contribution in [-0.2, 0) is 9.53 Å². The van der Waals surface area contributed by atoms with E-state index in [1.54, 1.807) is 30.3 Å². The SMILES string of the molecule is O=C(CN1CCOCC1)Nc1ccccc1C(=O)c1ccccc1. The molecule has 1 saturated heterocycles. The number of ketones is 1. The Kier molecular flexibility index (Phi) is 5.36. The minimum absolute atomic E-state index is 0.0992. The Morgan fingerprint density at radius 3 is 2.38 bits per heavy atom. The van der Waals surface area contributed by atoms with Crippen molar-refractivity contribution >= 4 is 17.4 Å². The van der Waals surface area contributed by atoms with Gasteiger partial charge in [0.15, 0.2) is 5.78 Å². The summed E-state index contributed by atoms with van der Waals surface area (Å²) in [6, 6.07) is 16.2. The van der Waals surface area contributed by atoms with E-state index in [4.69, 9.17) is 4.74 Å². The maximum atomic E-state index is 12.7. The van der Waals surface area contributed by atoms with Gasteiger partial charge in [0.2, 0.25) is 5.91 Å². The van der Waals surface area contributed by atoms with E-state index in [2.05, 4.69) is 5.32 Å². The van der Waals surface area contributed by atoms with Gasteiger partial charge in [-0.1, -0.05) is 42.5 Å². The number of rotatable bonds is 5. The van der Waals surface area contributed by atoms with Gasteiger partial charge >= 0.3 is 0 Å². The number of benzene rings is 2. The van der Waals surface area contributed by atoms with E-state index in [1.165, 1.54) is 0 Å². The third-order valence-corrected chi connectivity index (χ3v) is 3.95. The minimum Gasteiger partial charge on any atom is -0.379 e. The molecule has 124 valence electrons. The van der Waals surface area contributed by atoms with E-state index in [0.717, 1.165) is 13.1 Å². The van der Waals surface area contributed by atoms with Crippen molar-refractivity contribution < 1.29 is 14.3 Å². The molecule has 0 atom stereocenters. The minimum atomic E-state index is -0.120. The zero-order valence-electron chi connectivity index (χ0n) is 13.4. The first-order chi connectivity index (χ1) is 11.7. The summed E-state index contributed by atoms with van der Waals surface area (Å²) < 4.78 is 5.28. The van der Waals surface area contributed by atoms with E-state index in [0.29, 0.717) is 36.6 Å². The number of hydrogen-bond acceptors (Lipinski definition) is 4. The molecule has 2 aromatic carbocycles. The number of anilines is 1. The van der Waals surface area contributed by atoms with Crippen LogP contribution in [0.15, 0.2) is 54.6 Å². The van der Waals surface area contributed by atoms with Crippen molar-refractivity contribution in [3.63, 3.8) is 0 Å². The third-order valence-electron chi connectivity index (χ3n) is 3.95. The number of para-hydroxylation sites is 1. The zero-order valence-corrected chi connectivity index (χ0v) is 13.4. The summed E-state index contributed by atoms with van der Waals surface area (Å²) in [6.07, 6.45) is 0. The van der Waals surface area contributed by atoms with Gasteiger partial charge in [0, 0.05) is 24.2 Å². The Hall–Kier alpha value is -2.50. The van der Waals surface area contributed by atoms with Crippen LogP contribution in [-0.4, -0.2) is 49.4 Å². The van der Waals surface area contributed by atoms with Gasteiger partial charge in [-0.2, -0.15) is 0 Å². The lowest BCUT2D eigenvalue weighted by atomic mass is 10.0. The first kappa shape index (κ1) is 16.4. The number of carbonyl (C=O) groups is 2. The Bertz CT molecular complexity index is 710. The second-order valence-electron chi connectivity index (χ2n) is 5.68. The Labute approximate surface area is 141 Å². The first-order valence-electron chi connectivity index (χ1n) is 8.03. The van der Waals surface area contributed by atoms with Crippen molar-refractivity contribution in [1.82, 2.24) is 4.90 Å². The van der Waals surface area contributed by atoms with Gasteiger partial charge in [-0.05, 0) is 12.1 Å². The molecule has 0 radical (unpaired) electrons. The molecule has 0 aliphatic carbocycles. The van der Waals surface area contributed by atoms with Crippen molar-refractivity contribution in [3.8, 4) is 0 Å². The van der Waals surface area contributed by atoms with Crippen LogP contribution >= 0.6 is 0 Å². The maximum Gasteiger partial charge on any atom is 0.238 e. The standard InChI is InChI=1S/C19H20N2O3/c22-18(14-21-10-12-24-13-11-21)20-17-9-5-4-8-16(17)19(23)15-6-2-1-3-7-15/h1-9H,10-14H2,(H,20,22). The van der Waals surface area contributed by atoms with Crippen LogP contribution in [0.2, 0.25) is 0 Å². The summed E-state index contributed by atoms with van der Waals surface area (Å²) in [7, 11) is 0. The summed E-state index contributed by atoms with van der Waals surface area (Å²) in [6.45, 7) is 3.10. The number of nitrogens with zero attached hydrogens (tertiary/aromatic N) is 1. The van der Waals surface area contributed by atoms with Gasteiger partial charge in [-0.3, -0.25) is 14.5 Å². The lowest BCUT2D eigenvalue weighted by molar-refractivity contribution is -0.118. The van der Waals surface area contributed by atoms with Gasteiger partial charge in [-0.15, -0.1) is 0 Å². The molecule has 1 aliphatic heterocycles. The molecule has 3 rings (SSSR count). The van der Waals surface area contributed by atoms with Crippen LogP contribution in [0, 0.1) is 0 Å². The number of hydrogen-bond donors (Lipinski definition) is 1. The van der Waals surface area contributed by atoms with Gasteiger partial charge in [0.1, 0.15) is 0 Å². The van der Waals surface area contributed by atoms with E-state index in [9.17, 15) is 9.59 Å². The van der Waals surface area contributed by atoms with Crippen LogP contribution in [0.25, 0.3) is 0 Å². The van der Waals surface area contributed by atoms with Crippen LogP contribution in [0.4, 0.5) is 5.69 Å². The Balaban J connectivity index is 1.72. The molecule has 5 nitrogen and oxygen atoms in total. The highest BCUT2D eigenvalue weighted by atomic mass is 16.5. The quantitative estimate of drug-likeness (QED) is 0.857. The van der Waals surface area contributed by atoms with Crippen molar-refractivity contribution in [2.24, 2.45) is 0 Å². The number of morpholine rings is 1. The zero-order chi connectivity index (χ0) is 16.8. The highest BCUT2D eigenvalue weighted by Gasteiger charge is 2.17. The fourth-order valence-corrected chi connectivity index (χ4v) is 2.69. The molecule has 5 heteroatoms. The molecule has 1 amide bonds. The van der Waals surface area contributed by atoms with Crippen LogP contribution in [0.3, 0.4) is 0 Å². The number of ether oxygens (including phenoxy) is 1. The van der Waals surface area contributed by atoms with Crippen LogP contribution in [0.1, 0.15) is 15.9 Å². The van der Waals surface area contributed by atoms with Crippen molar-refractivity contribution in [3.05, 3.63) is 65.7 Å². The van der Waals surface area contributed by atoms with E-state index >= 15 is 0 Å². The van der Waals surface area contributed by atoms with Gasteiger partial charge in [0.05, 0.1) is 25.4 Å².